The van der Waals surface area contributed by atoms with Gasteiger partial charge in [-0.25, -0.2) is 0 Å². The van der Waals surface area contributed by atoms with Gasteiger partial charge in [0.05, 0.1) is 0 Å². The van der Waals surface area contributed by atoms with Crippen LogP contribution < -0.4 is 4.74 Å². The van der Waals surface area contributed by atoms with Gasteiger partial charge in [0.2, 0.25) is 0 Å². The molecule has 5 nitrogen and oxygen atoms in total. The molecular formula is C26H33N3O2. The Kier molecular flexibility index (Phi) is 7.52. The Morgan fingerprint density at radius 2 is 1.77 bits per heavy atom. The first kappa shape index (κ1) is 21.8. The molecule has 1 unspecified atom stereocenters. The molecule has 5 heteroatoms. The number of piperidine rings is 1. The predicted octanol–water partition coefficient (Wildman–Crippen LogP) is 4.09. The summed E-state index contributed by atoms with van der Waals surface area (Å²) in [6.45, 7) is 4.81. The summed E-state index contributed by atoms with van der Waals surface area (Å²) < 4.78 is 6.05. The van der Waals surface area contributed by atoms with E-state index in [9.17, 15) is 5.11 Å². The molecule has 0 spiro atoms. The highest BCUT2D eigenvalue weighted by molar-refractivity contribution is 5.84. The van der Waals surface area contributed by atoms with Crippen molar-refractivity contribution in [3.63, 3.8) is 0 Å². The van der Waals surface area contributed by atoms with Gasteiger partial charge in [0.15, 0.2) is 0 Å². The third-order valence-corrected chi connectivity index (χ3v) is 5.97. The molecule has 4 rings (SSSR count). The van der Waals surface area contributed by atoms with Gasteiger partial charge in [-0.2, -0.15) is 0 Å². The van der Waals surface area contributed by atoms with Crippen LogP contribution in [0, 0.1) is 0 Å². The maximum Gasteiger partial charge on any atom is 0.123 e. The number of hydrogen-bond donors (Lipinski definition) is 1. The number of nitrogens with zero attached hydrogens (tertiary/aromatic N) is 3. The number of aliphatic hydroxyl groups is 1. The predicted molar refractivity (Wildman–Crippen MR) is 125 cm³/mol. The van der Waals surface area contributed by atoms with E-state index in [0.717, 1.165) is 37.5 Å². The molecule has 1 atom stereocenters. The zero-order valence-corrected chi connectivity index (χ0v) is 18.4. The third-order valence-electron chi connectivity index (χ3n) is 5.97. The lowest BCUT2D eigenvalue weighted by molar-refractivity contribution is 0.0612. The van der Waals surface area contributed by atoms with E-state index >= 15 is 0 Å². The van der Waals surface area contributed by atoms with E-state index < -0.39 is 6.10 Å². The molecule has 1 aliphatic heterocycles. The molecule has 3 aromatic rings. The van der Waals surface area contributed by atoms with Crippen molar-refractivity contribution < 1.29 is 9.84 Å². The number of β-amino-alcohol motifs (C(OH)–C–C–N with tert-alkyl or cyclic N) is 1. The maximum atomic E-state index is 10.4. The lowest BCUT2D eigenvalue weighted by atomic mass is 10.1. The smallest absolute Gasteiger partial charge is 0.123 e. The van der Waals surface area contributed by atoms with Crippen LogP contribution in [0.25, 0.3) is 10.8 Å². The van der Waals surface area contributed by atoms with Crippen molar-refractivity contribution in [2.75, 3.05) is 33.3 Å². The molecule has 0 amide bonds. The van der Waals surface area contributed by atoms with E-state index in [0.29, 0.717) is 13.2 Å². The van der Waals surface area contributed by atoms with Crippen LogP contribution in [-0.2, 0) is 13.1 Å². The summed E-state index contributed by atoms with van der Waals surface area (Å²) in [4.78, 5) is 8.87. The SMILES string of the molecule is CN(Cc1ccccc1OCC(O)CN1CCCCC1)Cc1cccc2cnccc12. The molecule has 0 bridgehead atoms. The van der Waals surface area contributed by atoms with Gasteiger partial charge in [0.25, 0.3) is 0 Å². The molecule has 1 N–H and O–H groups in total. The number of ether oxygens (including phenoxy) is 1. The van der Waals surface area contributed by atoms with Crippen molar-refractivity contribution >= 4 is 10.8 Å². The zero-order valence-electron chi connectivity index (χ0n) is 18.4. The molecule has 1 aliphatic rings. The van der Waals surface area contributed by atoms with Crippen molar-refractivity contribution in [2.45, 2.75) is 38.5 Å². The Bertz CT molecular complexity index is 966. The highest BCUT2D eigenvalue weighted by Crippen LogP contribution is 2.23. The van der Waals surface area contributed by atoms with E-state index in [1.165, 1.54) is 35.6 Å². The first-order valence-electron chi connectivity index (χ1n) is 11.3. The summed E-state index contributed by atoms with van der Waals surface area (Å²) in [6.07, 6.45) is 7.07. The van der Waals surface area contributed by atoms with Crippen LogP contribution in [0.1, 0.15) is 30.4 Å². The molecule has 0 radical (unpaired) electrons. The van der Waals surface area contributed by atoms with E-state index in [-0.39, 0.29) is 0 Å². The molecular weight excluding hydrogens is 386 g/mol. The summed E-state index contributed by atoms with van der Waals surface area (Å²) in [5.41, 5.74) is 2.43. The Balaban J connectivity index is 1.35. The van der Waals surface area contributed by atoms with Crippen LogP contribution in [0.5, 0.6) is 5.75 Å². The quantitative estimate of drug-likeness (QED) is 0.566. The monoisotopic (exact) mass is 419 g/mol. The van der Waals surface area contributed by atoms with Gasteiger partial charge in [-0.05, 0) is 56.1 Å². The summed E-state index contributed by atoms with van der Waals surface area (Å²) in [7, 11) is 2.13. The second kappa shape index (κ2) is 10.7. The van der Waals surface area contributed by atoms with E-state index in [4.69, 9.17) is 4.74 Å². The van der Waals surface area contributed by atoms with Crippen molar-refractivity contribution in [2.24, 2.45) is 0 Å². The van der Waals surface area contributed by atoms with Gasteiger partial charge in [-0.3, -0.25) is 9.88 Å². The van der Waals surface area contributed by atoms with E-state index in [1.807, 2.05) is 30.6 Å². The molecule has 1 fully saturated rings. The molecule has 1 aromatic heterocycles. The Morgan fingerprint density at radius 1 is 1.00 bits per heavy atom. The van der Waals surface area contributed by atoms with Crippen LogP contribution in [-0.4, -0.2) is 59.3 Å². The Hall–Kier alpha value is -2.47. The fourth-order valence-electron chi connectivity index (χ4n) is 4.42. The first-order chi connectivity index (χ1) is 15.2. The minimum absolute atomic E-state index is 0.327. The largest absolute Gasteiger partial charge is 0.491 e. The number of para-hydroxylation sites is 1. The molecule has 2 aromatic carbocycles. The number of rotatable bonds is 9. The highest BCUT2D eigenvalue weighted by Gasteiger charge is 2.16. The molecule has 2 heterocycles. The number of aromatic nitrogens is 1. The van der Waals surface area contributed by atoms with Gasteiger partial charge >= 0.3 is 0 Å². The third kappa shape index (κ3) is 6.03. The normalized spacial score (nSPS) is 16.0. The fourth-order valence-corrected chi connectivity index (χ4v) is 4.42. The number of benzene rings is 2. The average molecular weight is 420 g/mol. The number of pyridine rings is 1. The zero-order chi connectivity index (χ0) is 21.5. The van der Waals surface area contributed by atoms with Gasteiger partial charge in [0.1, 0.15) is 18.5 Å². The standard InChI is InChI=1S/C26H33N3O2/c1-28(17-22-10-7-9-21-16-27-13-12-25(21)22)18-23-8-3-4-11-26(23)31-20-24(30)19-29-14-5-2-6-15-29/h3-4,7-13,16,24,30H,2,5-6,14-15,17-20H2,1H3. The van der Waals surface area contributed by atoms with Crippen LogP contribution in [0.15, 0.2) is 60.9 Å². The molecule has 0 aliphatic carbocycles. The Morgan fingerprint density at radius 3 is 2.65 bits per heavy atom. The summed E-state index contributed by atoms with van der Waals surface area (Å²) >= 11 is 0. The number of likely N-dealkylation sites (tertiary alicyclic amines) is 1. The van der Waals surface area contributed by atoms with E-state index in [1.54, 1.807) is 0 Å². The molecule has 1 saturated heterocycles. The lowest BCUT2D eigenvalue weighted by Gasteiger charge is -2.28. The Labute approximate surface area is 185 Å². The van der Waals surface area contributed by atoms with Crippen molar-refractivity contribution in [1.82, 2.24) is 14.8 Å². The van der Waals surface area contributed by atoms with Crippen LogP contribution in [0.4, 0.5) is 0 Å². The van der Waals surface area contributed by atoms with Crippen LogP contribution in [0.2, 0.25) is 0 Å². The summed E-state index contributed by atoms with van der Waals surface area (Å²) in [5, 5.41) is 12.9. The van der Waals surface area contributed by atoms with Gasteiger partial charge < -0.3 is 14.7 Å². The lowest BCUT2D eigenvalue weighted by Crippen LogP contribution is -2.38. The van der Waals surface area contributed by atoms with Gasteiger partial charge in [-0.15, -0.1) is 0 Å². The van der Waals surface area contributed by atoms with Gasteiger partial charge in [-0.1, -0.05) is 42.8 Å². The first-order valence-corrected chi connectivity index (χ1v) is 11.3. The molecule has 31 heavy (non-hydrogen) atoms. The van der Waals surface area contributed by atoms with Gasteiger partial charge in [0, 0.05) is 43.0 Å². The second-order valence-corrected chi connectivity index (χ2v) is 8.62. The minimum atomic E-state index is -0.465. The molecule has 164 valence electrons. The number of fused-ring (bicyclic) bond motifs is 1. The molecule has 0 saturated carbocycles. The minimum Gasteiger partial charge on any atom is -0.491 e. The number of aliphatic hydroxyl groups excluding tert-OH is 1. The summed E-state index contributed by atoms with van der Waals surface area (Å²) in [6, 6.07) is 16.6. The average Bonchev–Trinajstić information content (AvgIpc) is 2.79. The maximum absolute atomic E-state index is 10.4. The second-order valence-electron chi connectivity index (χ2n) is 8.62. The summed E-state index contributed by atoms with van der Waals surface area (Å²) in [5.74, 6) is 0.856. The van der Waals surface area contributed by atoms with Crippen LogP contribution in [0.3, 0.4) is 0 Å². The van der Waals surface area contributed by atoms with Crippen molar-refractivity contribution in [3.8, 4) is 5.75 Å². The topological polar surface area (TPSA) is 48.8 Å². The van der Waals surface area contributed by atoms with Crippen molar-refractivity contribution in [1.29, 1.82) is 0 Å². The van der Waals surface area contributed by atoms with E-state index in [2.05, 4.69) is 52.2 Å². The van der Waals surface area contributed by atoms with Crippen LogP contribution >= 0.6 is 0 Å². The fraction of sp³-hybridized carbons (Fsp3) is 0.423. The number of hydrogen-bond acceptors (Lipinski definition) is 5. The highest BCUT2D eigenvalue weighted by atomic mass is 16.5. The van der Waals surface area contributed by atoms with Crippen molar-refractivity contribution in [3.05, 3.63) is 72.1 Å².